The summed E-state index contributed by atoms with van der Waals surface area (Å²) in [6, 6.07) is 4.63. The molecule has 2 atom stereocenters. The second-order valence-electron chi connectivity index (χ2n) is 8.19. The fourth-order valence-electron chi connectivity index (χ4n) is 3.32. The number of benzene rings is 1. The lowest BCUT2D eigenvalue weighted by Crippen LogP contribution is -2.46. The van der Waals surface area contributed by atoms with E-state index in [4.69, 9.17) is 4.74 Å². The van der Waals surface area contributed by atoms with E-state index in [1.165, 1.54) is 15.6 Å². The first-order valence-corrected chi connectivity index (χ1v) is 9.87. The minimum Gasteiger partial charge on any atom is -0.444 e. The van der Waals surface area contributed by atoms with E-state index in [0.717, 1.165) is 31.6 Å². The number of hydrogen-bond acceptors (Lipinski definition) is 3. The van der Waals surface area contributed by atoms with Gasteiger partial charge >= 0.3 is 6.09 Å². The monoisotopic (exact) mass is 410 g/mol. The maximum absolute atomic E-state index is 12.3. The van der Waals surface area contributed by atoms with Gasteiger partial charge in [-0.1, -0.05) is 15.9 Å². The number of halogens is 1. The number of amides is 1. The van der Waals surface area contributed by atoms with Crippen molar-refractivity contribution in [1.29, 1.82) is 0 Å². The van der Waals surface area contributed by atoms with Crippen LogP contribution in [-0.4, -0.2) is 35.7 Å². The molecular weight excluding hydrogens is 380 g/mol. The van der Waals surface area contributed by atoms with E-state index < -0.39 is 5.60 Å². The number of hydrogen-bond donors (Lipinski definition) is 1. The molecule has 25 heavy (non-hydrogen) atoms. The Hall–Kier alpha value is -1.23. The normalized spacial score (nSPS) is 19.5. The van der Waals surface area contributed by atoms with E-state index >= 15 is 0 Å². The van der Waals surface area contributed by atoms with Gasteiger partial charge in [-0.15, -0.1) is 0 Å². The molecule has 0 aliphatic carbocycles. The highest BCUT2D eigenvalue weighted by molar-refractivity contribution is 9.10. The largest absolute Gasteiger partial charge is 0.444 e. The zero-order valence-electron chi connectivity index (χ0n) is 16.3. The highest BCUT2D eigenvalue weighted by Crippen LogP contribution is 2.28. The van der Waals surface area contributed by atoms with Crippen molar-refractivity contribution >= 4 is 27.7 Å². The lowest BCUT2D eigenvalue weighted by atomic mass is 9.91. The van der Waals surface area contributed by atoms with Crippen molar-refractivity contribution in [1.82, 2.24) is 4.90 Å². The number of ether oxygens (including phenoxy) is 1. The molecule has 1 aromatic rings. The van der Waals surface area contributed by atoms with E-state index in [2.05, 4.69) is 54.2 Å². The number of likely N-dealkylation sites (tertiary alicyclic amines) is 1. The van der Waals surface area contributed by atoms with E-state index in [1.807, 2.05) is 25.7 Å². The molecular formula is C20H31BrN2O2. The average Bonchev–Trinajstić information content (AvgIpc) is 2.51. The summed E-state index contributed by atoms with van der Waals surface area (Å²) in [6.45, 7) is 13.7. The Labute approximate surface area is 160 Å². The van der Waals surface area contributed by atoms with E-state index in [1.54, 1.807) is 0 Å². The molecule has 1 amide bonds. The molecule has 1 heterocycles. The Balaban J connectivity index is 2.00. The zero-order chi connectivity index (χ0) is 18.8. The number of aryl methyl sites for hydroxylation is 2. The highest BCUT2D eigenvalue weighted by atomic mass is 79.9. The van der Waals surface area contributed by atoms with Crippen LogP contribution in [0, 0.1) is 19.8 Å². The standard InChI is InChI=1S/C20H31BrN2O2/c1-13-10-17(11-14(2)18(13)21)22-15(3)16-8-7-9-23(12-16)19(24)25-20(4,5)6/h10-11,15-16,22H,7-9,12H2,1-6H3. The highest BCUT2D eigenvalue weighted by Gasteiger charge is 2.30. The summed E-state index contributed by atoms with van der Waals surface area (Å²) < 4.78 is 6.70. The molecule has 2 unspecified atom stereocenters. The lowest BCUT2D eigenvalue weighted by Gasteiger charge is -2.37. The van der Waals surface area contributed by atoms with E-state index in [0.29, 0.717) is 12.0 Å². The Kier molecular flexibility index (Phi) is 6.41. The van der Waals surface area contributed by atoms with Crippen molar-refractivity contribution in [3.05, 3.63) is 27.7 Å². The van der Waals surface area contributed by atoms with Gasteiger partial charge in [-0.3, -0.25) is 0 Å². The molecule has 0 spiro atoms. The molecule has 1 N–H and O–H groups in total. The van der Waals surface area contributed by atoms with Gasteiger partial charge in [0.1, 0.15) is 5.60 Å². The molecule has 1 saturated heterocycles. The van der Waals surface area contributed by atoms with Crippen LogP contribution < -0.4 is 5.32 Å². The van der Waals surface area contributed by atoms with Gasteiger partial charge in [0, 0.05) is 29.3 Å². The zero-order valence-corrected chi connectivity index (χ0v) is 17.9. The maximum atomic E-state index is 12.3. The third-order valence-electron chi connectivity index (χ3n) is 4.65. The van der Waals surface area contributed by atoms with E-state index in [-0.39, 0.29) is 6.09 Å². The van der Waals surface area contributed by atoms with Gasteiger partial charge in [0.25, 0.3) is 0 Å². The first kappa shape index (κ1) is 20.1. The first-order chi connectivity index (χ1) is 11.6. The fourth-order valence-corrected chi connectivity index (χ4v) is 3.55. The van der Waals surface area contributed by atoms with Crippen molar-refractivity contribution in [2.45, 2.75) is 66.0 Å². The minimum absolute atomic E-state index is 0.195. The van der Waals surface area contributed by atoms with Crippen molar-refractivity contribution in [3.63, 3.8) is 0 Å². The predicted octanol–water partition coefficient (Wildman–Crippen LogP) is 5.51. The van der Waals surface area contributed by atoms with Gasteiger partial charge in [-0.05, 0) is 83.6 Å². The summed E-state index contributed by atoms with van der Waals surface area (Å²) >= 11 is 3.62. The summed E-state index contributed by atoms with van der Waals surface area (Å²) in [6.07, 6.45) is 1.95. The molecule has 5 heteroatoms. The van der Waals surface area contributed by atoms with Crippen molar-refractivity contribution in [2.75, 3.05) is 18.4 Å². The minimum atomic E-state index is -0.444. The van der Waals surface area contributed by atoms with Crippen molar-refractivity contribution in [3.8, 4) is 0 Å². The van der Waals surface area contributed by atoms with Gasteiger partial charge < -0.3 is 15.0 Å². The Morgan fingerprint density at radius 2 is 1.92 bits per heavy atom. The number of piperidine rings is 1. The van der Waals surface area contributed by atoms with Crippen LogP contribution in [0.3, 0.4) is 0 Å². The Morgan fingerprint density at radius 1 is 1.32 bits per heavy atom. The molecule has 0 bridgehead atoms. The average molecular weight is 411 g/mol. The number of nitrogens with one attached hydrogen (secondary N) is 1. The van der Waals surface area contributed by atoms with Gasteiger partial charge in [-0.25, -0.2) is 4.79 Å². The van der Waals surface area contributed by atoms with Crippen LogP contribution in [0.4, 0.5) is 10.5 Å². The molecule has 140 valence electrons. The first-order valence-electron chi connectivity index (χ1n) is 9.08. The van der Waals surface area contributed by atoms with Crippen LogP contribution in [0.15, 0.2) is 16.6 Å². The number of anilines is 1. The molecule has 1 aliphatic rings. The molecule has 0 radical (unpaired) electrons. The molecule has 2 rings (SSSR count). The second kappa shape index (κ2) is 7.98. The number of carbonyl (C=O) groups excluding carboxylic acids is 1. The van der Waals surface area contributed by atoms with Gasteiger partial charge in [0.05, 0.1) is 0 Å². The third kappa shape index (κ3) is 5.63. The van der Waals surface area contributed by atoms with Crippen molar-refractivity contribution < 1.29 is 9.53 Å². The van der Waals surface area contributed by atoms with Crippen LogP contribution in [0.25, 0.3) is 0 Å². The maximum Gasteiger partial charge on any atom is 0.410 e. The predicted molar refractivity (Wildman–Crippen MR) is 107 cm³/mol. The van der Waals surface area contributed by atoms with Crippen LogP contribution >= 0.6 is 15.9 Å². The van der Waals surface area contributed by atoms with E-state index in [9.17, 15) is 4.79 Å². The van der Waals surface area contributed by atoms with Crippen LogP contribution in [0.5, 0.6) is 0 Å². The fraction of sp³-hybridized carbons (Fsp3) is 0.650. The SMILES string of the molecule is Cc1cc(NC(C)C2CCCN(C(=O)OC(C)(C)C)C2)cc(C)c1Br. The molecule has 1 aromatic carbocycles. The number of nitrogens with zero attached hydrogens (tertiary/aromatic N) is 1. The Morgan fingerprint density at radius 3 is 2.48 bits per heavy atom. The lowest BCUT2D eigenvalue weighted by molar-refractivity contribution is 0.0159. The molecule has 0 saturated carbocycles. The summed E-state index contributed by atoms with van der Waals surface area (Å²) in [5.74, 6) is 0.422. The molecule has 0 aromatic heterocycles. The summed E-state index contributed by atoms with van der Waals surface area (Å²) in [7, 11) is 0. The van der Waals surface area contributed by atoms with Crippen LogP contribution in [0.1, 0.15) is 51.7 Å². The topological polar surface area (TPSA) is 41.6 Å². The smallest absolute Gasteiger partial charge is 0.410 e. The molecule has 1 aliphatic heterocycles. The quantitative estimate of drug-likeness (QED) is 0.713. The Bertz CT molecular complexity index is 602. The second-order valence-corrected chi connectivity index (χ2v) is 8.98. The van der Waals surface area contributed by atoms with Crippen molar-refractivity contribution in [2.24, 2.45) is 5.92 Å². The van der Waals surface area contributed by atoms with Crippen LogP contribution in [-0.2, 0) is 4.74 Å². The van der Waals surface area contributed by atoms with Gasteiger partial charge in [0.15, 0.2) is 0 Å². The number of rotatable bonds is 3. The third-order valence-corrected chi connectivity index (χ3v) is 5.90. The van der Waals surface area contributed by atoms with Crippen LogP contribution in [0.2, 0.25) is 0 Å². The molecule has 4 nitrogen and oxygen atoms in total. The summed E-state index contributed by atoms with van der Waals surface area (Å²) in [5.41, 5.74) is 3.16. The summed E-state index contributed by atoms with van der Waals surface area (Å²) in [5, 5.41) is 3.63. The summed E-state index contributed by atoms with van der Waals surface area (Å²) in [4.78, 5) is 14.2. The van der Waals surface area contributed by atoms with Gasteiger partial charge in [0.2, 0.25) is 0 Å². The number of carbonyl (C=O) groups is 1. The molecule has 1 fully saturated rings. The van der Waals surface area contributed by atoms with Gasteiger partial charge in [-0.2, -0.15) is 0 Å².